The Balaban J connectivity index is -0.0000000267. The average molecular weight is 250 g/mol. The number of quaternary nitrogens is 1. The van der Waals surface area contributed by atoms with E-state index in [1.54, 1.807) is 6.21 Å². The molecule has 0 aromatic carbocycles. The van der Waals surface area contributed by atoms with E-state index in [9.17, 15) is 0 Å². The van der Waals surface area contributed by atoms with Crippen LogP contribution in [0.1, 0.15) is 19.8 Å². The molecule has 2 nitrogen and oxygen atoms in total. The molecule has 0 aliphatic heterocycles. The maximum Gasteiger partial charge on any atom is 0.136 e. The minimum atomic E-state index is 0. The van der Waals surface area contributed by atoms with Gasteiger partial charge in [-0.2, -0.15) is 0 Å². The van der Waals surface area contributed by atoms with Crippen molar-refractivity contribution in [2.45, 2.75) is 19.8 Å². The Morgan fingerprint density at radius 1 is 1.38 bits per heavy atom. The highest BCUT2D eigenvalue weighted by Gasteiger charge is 1.68. The zero-order valence-corrected chi connectivity index (χ0v) is 8.50. The van der Waals surface area contributed by atoms with Gasteiger partial charge in [0.05, 0.1) is 0 Å². The predicted octanol–water partition coefficient (Wildman–Crippen LogP) is -6.00. The van der Waals surface area contributed by atoms with Crippen molar-refractivity contribution in [2.24, 2.45) is 0 Å². The van der Waals surface area contributed by atoms with Gasteiger partial charge in [0.25, 0.3) is 0 Å². The van der Waals surface area contributed by atoms with E-state index >= 15 is 0 Å². The third-order valence-corrected chi connectivity index (χ3v) is 0.455. The van der Waals surface area contributed by atoms with Crippen molar-refractivity contribution in [2.75, 3.05) is 0 Å². The fourth-order valence-electron chi connectivity index (χ4n) is 0.167. The molecular weight excluding hydrogens is 236 g/mol. The number of halogens is 2. The highest BCUT2D eigenvalue weighted by Crippen LogP contribution is 1.73. The molecule has 0 aliphatic carbocycles. The van der Waals surface area contributed by atoms with Crippen LogP contribution in [-0.2, 0) is 0 Å². The minimum Gasteiger partial charge on any atom is -1.00 e. The third-order valence-electron chi connectivity index (χ3n) is 0.455. The largest absolute Gasteiger partial charge is 1.00 e. The van der Waals surface area contributed by atoms with Gasteiger partial charge in [0.1, 0.15) is 6.21 Å². The molecule has 0 unspecified atom stereocenters. The Hall–Kier alpha value is 0.590. The first-order valence-electron chi connectivity index (χ1n) is 1.95. The van der Waals surface area contributed by atoms with E-state index in [1.165, 1.54) is 0 Å². The van der Waals surface area contributed by atoms with Crippen LogP contribution in [0.3, 0.4) is 0 Å². The number of rotatable bonds is 2. The molecule has 0 radical (unpaired) electrons. The molecule has 0 aromatic heterocycles. The molecule has 0 saturated heterocycles. The quantitative estimate of drug-likeness (QED) is 0.458. The molecule has 0 aromatic rings. The minimum absolute atomic E-state index is 0. The molecule has 6 N–H and O–H groups in total. The molecule has 0 rings (SSSR count). The van der Waals surface area contributed by atoms with Crippen molar-refractivity contribution in [1.82, 2.24) is 6.15 Å². The molecule has 0 saturated carbocycles. The van der Waals surface area contributed by atoms with Crippen LogP contribution >= 0.6 is 0 Å². The fraction of sp³-hybridized carbons (Fsp3) is 0.750. The molecule has 0 bridgehead atoms. The van der Waals surface area contributed by atoms with Gasteiger partial charge >= 0.3 is 0 Å². The molecular formula is C4H14Br2N2. The molecule has 0 fully saturated rings. The van der Waals surface area contributed by atoms with Crippen LogP contribution in [0.25, 0.3) is 0 Å². The summed E-state index contributed by atoms with van der Waals surface area (Å²) in [6.45, 7) is 2.10. The number of hydrogen-bond acceptors (Lipinski definition) is 0. The van der Waals surface area contributed by atoms with Gasteiger partial charge in [0.2, 0.25) is 0 Å². The first-order chi connectivity index (χ1) is 2.41. The van der Waals surface area contributed by atoms with Gasteiger partial charge in [0.15, 0.2) is 0 Å². The summed E-state index contributed by atoms with van der Waals surface area (Å²) in [6.07, 6.45) is 3.89. The first kappa shape index (κ1) is 23.5. The maximum absolute atomic E-state index is 5.01. The molecule has 4 heteroatoms. The summed E-state index contributed by atoms with van der Waals surface area (Å²) >= 11 is 0. The van der Waals surface area contributed by atoms with Gasteiger partial charge in [-0.05, 0) is 6.42 Å². The van der Waals surface area contributed by atoms with Crippen LogP contribution in [0, 0.1) is 0 Å². The summed E-state index contributed by atoms with van der Waals surface area (Å²) in [6, 6.07) is 0. The zero-order chi connectivity index (χ0) is 4.12. The lowest BCUT2D eigenvalue weighted by Gasteiger charge is -1.67. The van der Waals surface area contributed by atoms with E-state index in [0.717, 1.165) is 12.8 Å². The summed E-state index contributed by atoms with van der Waals surface area (Å²) in [7, 11) is 0. The fourth-order valence-corrected chi connectivity index (χ4v) is 0.167. The lowest BCUT2D eigenvalue weighted by molar-refractivity contribution is -0.107. The van der Waals surface area contributed by atoms with E-state index in [2.05, 4.69) is 6.92 Å². The van der Waals surface area contributed by atoms with Crippen molar-refractivity contribution >= 4 is 6.21 Å². The number of unbranched alkanes of at least 4 members (excludes halogenated alkanes) is 1. The van der Waals surface area contributed by atoms with Gasteiger partial charge in [-0.25, -0.2) is 0 Å². The Labute approximate surface area is 71.7 Å². The van der Waals surface area contributed by atoms with Crippen molar-refractivity contribution in [1.29, 1.82) is 0 Å². The van der Waals surface area contributed by atoms with Crippen molar-refractivity contribution in [3.05, 3.63) is 0 Å². The van der Waals surface area contributed by atoms with Crippen molar-refractivity contribution in [3.8, 4) is 0 Å². The normalized spacial score (nSPS) is 4.62. The van der Waals surface area contributed by atoms with Crippen molar-refractivity contribution in [3.63, 3.8) is 0 Å². The second-order valence-corrected chi connectivity index (χ2v) is 1.02. The lowest BCUT2D eigenvalue weighted by atomic mass is 10.4. The summed E-state index contributed by atoms with van der Waals surface area (Å²) < 4.78 is 0. The monoisotopic (exact) mass is 248 g/mol. The molecule has 0 atom stereocenters. The maximum atomic E-state index is 5.01. The SMILES string of the molecule is CCCC=[NH2+].[Br-].[Br-].[NH4+]. The standard InChI is InChI=1S/C4H9N.2BrH.H3N/c1-2-3-4-5;;;/h4-5H,2-3H2,1H3;2*1H;1H3. The van der Waals surface area contributed by atoms with Gasteiger partial charge < -0.3 is 40.1 Å². The molecule has 8 heavy (non-hydrogen) atoms. The van der Waals surface area contributed by atoms with Gasteiger partial charge in [-0.3, -0.25) is 5.41 Å². The summed E-state index contributed by atoms with van der Waals surface area (Å²) in [5, 5.41) is 5.01. The van der Waals surface area contributed by atoms with Crippen LogP contribution in [0.5, 0.6) is 0 Å². The van der Waals surface area contributed by atoms with E-state index in [-0.39, 0.29) is 40.1 Å². The highest BCUT2D eigenvalue weighted by molar-refractivity contribution is 5.48. The molecule has 0 amide bonds. The second kappa shape index (κ2) is 25.6. The van der Waals surface area contributed by atoms with Gasteiger partial charge in [-0.1, -0.05) is 6.92 Å². The Kier molecular flexibility index (Phi) is 75.1. The first-order valence-corrected chi connectivity index (χ1v) is 1.95. The second-order valence-electron chi connectivity index (χ2n) is 1.02. The average Bonchev–Trinajstić information content (AvgIpc) is 1.41. The Bertz CT molecular complexity index is 33.2. The van der Waals surface area contributed by atoms with Crippen LogP contribution < -0.4 is 45.5 Å². The summed E-state index contributed by atoms with van der Waals surface area (Å²) in [5.41, 5.74) is 0. The van der Waals surface area contributed by atoms with Crippen molar-refractivity contribution < 1.29 is 39.4 Å². The lowest BCUT2D eigenvalue weighted by Crippen LogP contribution is -3.00. The summed E-state index contributed by atoms with van der Waals surface area (Å²) in [4.78, 5) is 0. The van der Waals surface area contributed by atoms with Gasteiger partial charge in [0, 0.05) is 6.42 Å². The number of nitrogens with two attached hydrogens (primary N) is 1. The van der Waals surface area contributed by atoms with E-state index in [1.807, 2.05) is 0 Å². The van der Waals surface area contributed by atoms with Crippen LogP contribution in [0.2, 0.25) is 0 Å². The number of hydrogen-bond donors (Lipinski definition) is 2. The molecule has 0 aliphatic rings. The predicted molar refractivity (Wildman–Crippen MR) is 28.9 cm³/mol. The Morgan fingerprint density at radius 2 is 1.75 bits per heavy atom. The van der Waals surface area contributed by atoms with Crippen LogP contribution in [-0.4, -0.2) is 6.21 Å². The third kappa shape index (κ3) is 30.7. The van der Waals surface area contributed by atoms with Gasteiger partial charge in [-0.15, -0.1) is 0 Å². The molecule has 0 spiro atoms. The molecule has 54 valence electrons. The Morgan fingerprint density at radius 3 is 1.75 bits per heavy atom. The van der Waals surface area contributed by atoms with Crippen LogP contribution in [0.15, 0.2) is 0 Å². The topological polar surface area (TPSA) is 62.1 Å². The smallest absolute Gasteiger partial charge is 0.136 e. The summed E-state index contributed by atoms with van der Waals surface area (Å²) in [5.74, 6) is 0. The zero-order valence-electron chi connectivity index (χ0n) is 5.32. The van der Waals surface area contributed by atoms with E-state index in [4.69, 9.17) is 5.41 Å². The van der Waals surface area contributed by atoms with E-state index < -0.39 is 0 Å². The van der Waals surface area contributed by atoms with E-state index in [0.29, 0.717) is 0 Å². The van der Waals surface area contributed by atoms with Crippen LogP contribution in [0.4, 0.5) is 0 Å². The highest BCUT2D eigenvalue weighted by atomic mass is 79.9. The molecule has 0 heterocycles.